The molecule has 0 radical (unpaired) electrons. The zero-order valence-corrected chi connectivity index (χ0v) is 14.3. The first-order valence-corrected chi connectivity index (χ1v) is 7.89. The molecule has 0 heterocycles. The Morgan fingerprint density at radius 2 is 1.83 bits per heavy atom. The molecule has 0 unspecified atom stereocenters. The molecule has 0 aliphatic carbocycles. The lowest BCUT2D eigenvalue weighted by molar-refractivity contribution is 0.102. The van der Waals surface area contributed by atoms with Crippen LogP contribution in [0.4, 0.5) is 5.69 Å². The van der Waals surface area contributed by atoms with Crippen molar-refractivity contribution in [1.82, 2.24) is 0 Å². The Morgan fingerprint density at radius 3 is 2.46 bits per heavy atom. The van der Waals surface area contributed by atoms with Gasteiger partial charge in [-0.15, -0.1) is 0 Å². The van der Waals surface area contributed by atoms with Gasteiger partial charge in [-0.3, -0.25) is 4.79 Å². The Hall–Kier alpha value is -2.75. The average Bonchev–Trinajstić information content (AvgIpc) is 2.53. The number of benzene rings is 2. The highest BCUT2D eigenvalue weighted by Crippen LogP contribution is 2.19. The van der Waals surface area contributed by atoms with Gasteiger partial charge in [-0.05, 0) is 68.8 Å². The van der Waals surface area contributed by atoms with Crippen LogP contribution in [0.25, 0.3) is 0 Å². The maximum absolute atomic E-state index is 12.3. The van der Waals surface area contributed by atoms with Crippen molar-refractivity contribution < 1.29 is 14.3 Å². The Balaban J connectivity index is 2.00. The van der Waals surface area contributed by atoms with Gasteiger partial charge in [-0.25, -0.2) is 0 Å². The molecule has 1 N–H and O–H groups in total. The number of nitrogens with one attached hydrogen (secondary N) is 1. The molecule has 0 atom stereocenters. The molecule has 1 amide bonds. The average molecular weight is 325 g/mol. The van der Waals surface area contributed by atoms with Gasteiger partial charge in [0.15, 0.2) is 0 Å². The van der Waals surface area contributed by atoms with E-state index in [4.69, 9.17) is 9.47 Å². The lowest BCUT2D eigenvalue weighted by Crippen LogP contribution is -2.12. The predicted octanol–water partition coefficient (Wildman–Crippen LogP) is 4.68. The predicted molar refractivity (Wildman–Crippen MR) is 96.9 cm³/mol. The van der Waals surface area contributed by atoms with E-state index in [2.05, 4.69) is 11.9 Å². The molecule has 0 spiro atoms. The Labute approximate surface area is 143 Å². The van der Waals surface area contributed by atoms with E-state index in [9.17, 15) is 4.79 Å². The summed E-state index contributed by atoms with van der Waals surface area (Å²) < 4.78 is 11.1. The molecule has 4 nitrogen and oxygen atoms in total. The fraction of sp³-hybridized carbons (Fsp3) is 0.250. The van der Waals surface area contributed by atoms with Gasteiger partial charge < -0.3 is 14.8 Å². The van der Waals surface area contributed by atoms with E-state index < -0.39 is 0 Å². The van der Waals surface area contributed by atoms with E-state index in [1.807, 2.05) is 39.0 Å². The zero-order chi connectivity index (χ0) is 17.5. The van der Waals surface area contributed by atoms with Crippen LogP contribution in [0.5, 0.6) is 11.5 Å². The summed E-state index contributed by atoms with van der Waals surface area (Å²) in [6.45, 7) is 10.1. The standard InChI is InChI=1S/C20H23NO3/c1-14(2)13-23-18-10-8-17(9-11-18)21-20(22)16-6-5-7-19(12-16)24-15(3)4/h5-12,15H,1,13H2,2-4H3,(H,21,22). The minimum Gasteiger partial charge on any atom is -0.491 e. The van der Waals surface area contributed by atoms with Crippen LogP contribution in [-0.4, -0.2) is 18.6 Å². The van der Waals surface area contributed by atoms with E-state index in [-0.39, 0.29) is 12.0 Å². The molecular formula is C20H23NO3. The lowest BCUT2D eigenvalue weighted by atomic mass is 10.2. The summed E-state index contributed by atoms with van der Waals surface area (Å²) in [4.78, 5) is 12.3. The summed E-state index contributed by atoms with van der Waals surface area (Å²) in [7, 11) is 0. The molecule has 0 aliphatic rings. The molecule has 0 saturated carbocycles. The maximum atomic E-state index is 12.3. The second-order valence-corrected chi connectivity index (χ2v) is 5.92. The Bertz CT molecular complexity index is 705. The van der Waals surface area contributed by atoms with Crippen LogP contribution in [0, 0.1) is 0 Å². The van der Waals surface area contributed by atoms with Gasteiger partial charge in [0.05, 0.1) is 6.10 Å². The van der Waals surface area contributed by atoms with Crippen molar-refractivity contribution >= 4 is 11.6 Å². The van der Waals surface area contributed by atoms with Crippen LogP contribution in [0.2, 0.25) is 0 Å². The van der Waals surface area contributed by atoms with Gasteiger partial charge >= 0.3 is 0 Å². The third kappa shape index (κ3) is 5.47. The van der Waals surface area contributed by atoms with Crippen molar-refractivity contribution in [2.75, 3.05) is 11.9 Å². The SMILES string of the molecule is C=C(C)COc1ccc(NC(=O)c2cccc(OC(C)C)c2)cc1. The largest absolute Gasteiger partial charge is 0.491 e. The minimum absolute atomic E-state index is 0.0649. The zero-order valence-electron chi connectivity index (χ0n) is 14.3. The van der Waals surface area contributed by atoms with Gasteiger partial charge in [-0.1, -0.05) is 12.6 Å². The molecule has 4 heteroatoms. The number of carbonyl (C=O) groups is 1. The number of amides is 1. The van der Waals surface area contributed by atoms with Crippen molar-refractivity contribution in [1.29, 1.82) is 0 Å². The third-order valence-electron chi connectivity index (χ3n) is 3.07. The van der Waals surface area contributed by atoms with Gasteiger partial charge in [0.25, 0.3) is 5.91 Å². The summed E-state index contributed by atoms with van der Waals surface area (Å²) in [5.41, 5.74) is 2.21. The number of anilines is 1. The fourth-order valence-corrected chi connectivity index (χ4v) is 2.03. The molecule has 0 aromatic heterocycles. The Kier molecular flexibility index (Phi) is 6.01. The molecule has 126 valence electrons. The van der Waals surface area contributed by atoms with E-state index in [0.717, 1.165) is 11.3 Å². The molecular weight excluding hydrogens is 302 g/mol. The van der Waals surface area contributed by atoms with Crippen molar-refractivity contribution in [2.45, 2.75) is 26.9 Å². The first-order valence-electron chi connectivity index (χ1n) is 7.89. The number of hydrogen-bond donors (Lipinski definition) is 1. The summed E-state index contributed by atoms with van der Waals surface area (Å²) in [6, 6.07) is 14.4. The second kappa shape index (κ2) is 8.20. The summed E-state index contributed by atoms with van der Waals surface area (Å²) in [6.07, 6.45) is 0.0649. The van der Waals surface area contributed by atoms with Gasteiger partial charge in [-0.2, -0.15) is 0 Å². The Morgan fingerprint density at radius 1 is 1.12 bits per heavy atom. The molecule has 0 aliphatic heterocycles. The molecule has 2 rings (SSSR count). The van der Waals surface area contributed by atoms with Crippen LogP contribution in [-0.2, 0) is 0 Å². The van der Waals surface area contributed by atoms with Gasteiger partial charge in [0.2, 0.25) is 0 Å². The monoisotopic (exact) mass is 325 g/mol. The minimum atomic E-state index is -0.181. The highest BCUT2D eigenvalue weighted by atomic mass is 16.5. The van der Waals surface area contributed by atoms with Gasteiger partial charge in [0.1, 0.15) is 18.1 Å². The number of ether oxygens (including phenoxy) is 2. The van der Waals surface area contributed by atoms with Crippen LogP contribution in [0.15, 0.2) is 60.7 Å². The molecule has 24 heavy (non-hydrogen) atoms. The van der Waals surface area contributed by atoms with E-state index in [1.165, 1.54) is 0 Å². The summed E-state index contributed by atoms with van der Waals surface area (Å²) in [5.74, 6) is 1.24. The molecule has 0 saturated heterocycles. The number of hydrogen-bond acceptors (Lipinski definition) is 3. The van der Waals surface area contributed by atoms with Crippen molar-refractivity contribution in [3.8, 4) is 11.5 Å². The normalized spacial score (nSPS) is 10.3. The fourth-order valence-electron chi connectivity index (χ4n) is 2.03. The number of carbonyl (C=O) groups excluding carboxylic acids is 1. The third-order valence-corrected chi connectivity index (χ3v) is 3.07. The molecule has 2 aromatic carbocycles. The highest BCUT2D eigenvalue weighted by Gasteiger charge is 2.08. The molecule has 0 bridgehead atoms. The first kappa shape index (κ1) is 17.6. The lowest BCUT2D eigenvalue weighted by Gasteiger charge is -2.11. The smallest absolute Gasteiger partial charge is 0.255 e. The topological polar surface area (TPSA) is 47.6 Å². The first-order chi connectivity index (χ1) is 11.4. The van der Waals surface area contributed by atoms with Crippen LogP contribution < -0.4 is 14.8 Å². The number of rotatable bonds is 7. The summed E-state index contributed by atoms with van der Waals surface area (Å²) >= 11 is 0. The van der Waals surface area contributed by atoms with Crippen LogP contribution in [0.3, 0.4) is 0 Å². The van der Waals surface area contributed by atoms with Crippen LogP contribution >= 0.6 is 0 Å². The summed E-state index contributed by atoms with van der Waals surface area (Å²) in [5, 5.41) is 2.86. The quantitative estimate of drug-likeness (QED) is 0.752. The molecule has 0 fully saturated rings. The van der Waals surface area contributed by atoms with Gasteiger partial charge in [0, 0.05) is 11.3 Å². The molecule has 2 aromatic rings. The van der Waals surface area contributed by atoms with Crippen molar-refractivity contribution in [3.63, 3.8) is 0 Å². The van der Waals surface area contributed by atoms with Crippen LogP contribution in [0.1, 0.15) is 31.1 Å². The maximum Gasteiger partial charge on any atom is 0.255 e. The van der Waals surface area contributed by atoms with E-state index >= 15 is 0 Å². The van der Waals surface area contributed by atoms with E-state index in [0.29, 0.717) is 23.6 Å². The van der Waals surface area contributed by atoms with E-state index in [1.54, 1.807) is 30.3 Å². The van der Waals surface area contributed by atoms with Crippen molar-refractivity contribution in [3.05, 3.63) is 66.2 Å². The van der Waals surface area contributed by atoms with Crippen molar-refractivity contribution in [2.24, 2.45) is 0 Å². The highest BCUT2D eigenvalue weighted by molar-refractivity contribution is 6.04. The second-order valence-electron chi connectivity index (χ2n) is 5.92.